The van der Waals surface area contributed by atoms with Gasteiger partial charge in [-0.2, -0.15) is 10.2 Å². The van der Waals surface area contributed by atoms with E-state index in [-0.39, 0.29) is 28.3 Å². The summed E-state index contributed by atoms with van der Waals surface area (Å²) in [7, 11) is 0. The molecule has 0 saturated heterocycles. The van der Waals surface area contributed by atoms with E-state index in [1.807, 2.05) is 0 Å². The van der Waals surface area contributed by atoms with Crippen LogP contribution in [0.3, 0.4) is 0 Å². The summed E-state index contributed by atoms with van der Waals surface area (Å²) in [5, 5.41) is 11.1. The van der Waals surface area contributed by atoms with E-state index in [4.69, 9.17) is 15.4 Å². The first-order chi connectivity index (χ1) is 12.1. The molecule has 0 aliphatic rings. The Kier molecular flexibility index (Phi) is 3.33. The minimum atomic E-state index is -0.430. The number of benzene rings is 1. The Morgan fingerprint density at radius 1 is 1.40 bits per heavy atom. The van der Waals surface area contributed by atoms with Crippen LogP contribution >= 0.6 is 11.3 Å². The van der Waals surface area contributed by atoms with Crippen LogP contribution in [0.4, 0.5) is 10.3 Å². The number of carbonyl (C=O) groups excluding carboxylic acids is 1. The number of nitrogens with zero attached hydrogens (tertiary/aromatic N) is 3. The zero-order valence-corrected chi connectivity index (χ0v) is 13.2. The molecule has 3 N–H and O–H groups in total. The summed E-state index contributed by atoms with van der Waals surface area (Å²) in [5.74, 6) is -0.826. The number of nitrogens with one attached hydrogen (secondary N) is 1. The van der Waals surface area contributed by atoms with Gasteiger partial charge in [-0.3, -0.25) is 4.79 Å². The molecular formula is C16H8FN5O2S. The predicted octanol–water partition coefficient (Wildman–Crippen LogP) is 3.10. The summed E-state index contributed by atoms with van der Waals surface area (Å²) >= 11 is 1.09. The number of hydrogen-bond donors (Lipinski definition) is 2. The summed E-state index contributed by atoms with van der Waals surface area (Å²) in [6.07, 6.45) is 1.52. The Hall–Kier alpha value is -3.51. The first-order valence-electron chi connectivity index (χ1n) is 7.00. The number of hydrogen-bond acceptors (Lipinski definition) is 7. The van der Waals surface area contributed by atoms with Crippen molar-refractivity contribution < 1.29 is 13.6 Å². The molecule has 1 aromatic carbocycles. The van der Waals surface area contributed by atoms with Crippen LogP contribution in [0, 0.1) is 17.1 Å². The van der Waals surface area contributed by atoms with Crippen molar-refractivity contribution in [2.24, 2.45) is 0 Å². The van der Waals surface area contributed by atoms with Crippen molar-refractivity contribution in [2.75, 3.05) is 5.73 Å². The van der Waals surface area contributed by atoms with Crippen LogP contribution in [-0.4, -0.2) is 20.7 Å². The summed E-state index contributed by atoms with van der Waals surface area (Å²) in [5.41, 5.74) is 6.76. The highest BCUT2D eigenvalue weighted by Gasteiger charge is 2.21. The molecule has 0 aliphatic heterocycles. The smallest absolute Gasteiger partial charge is 0.249 e. The molecule has 3 heterocycles. The van der Waals surface area contributed by atoms with E-state index in [9.17, 15) is 9.18 Å². The Morgan fingerprint density at radius 3 is 3.00 bits per heavy atom. The monoisotopic (exact) mass is 353 g/mol. The summed E-state index contributed by atoms with van der Waals surface area (Å²) in [6, 6.07) is 5.97. The quantitative estimate of drug-likeness (QED) is 0.546. The number of rotatable bonds is 3. The van der Waals surface area contributed by atoms with Gasteiger partial charge in [0.25, 0.3) is 0 Å². The van der Waals surface area contributed by atoms with Gasteiger partial charge in [0.1, 0.15) is 17.6 Å². The van der Waals surface area contributed by atoms with Gasteiger partial charge in [0, 0.05) is 22.5 Å². The lowest BCUT2D eigenvalue weighted by atomic mass is 10.1. The second-order valence-electron chi connectivity index (χ2n) is 5.10. The minimum Gasteiger partial charge on any atom is -0.418 e. The Bertz CT molecular complexity index is 1170. The number of aromatic nitrogens is 3. The molecule has 9 heteroatoms. The van der Waals surface area contributed by atoms with Crippen molar-refractivity contribution in [1.29, 1.82) is 5.26 Å². The van der Waals surface area contributed by atoms with Gasteiger partial charge in [-0.25, -0.2) is 9.37 Å². The molecule has 25 heavy (non-hydrogen) atoms. The lowest BCUT2D eigenvalue weighted by molar-refractivity contribution is 0.104. The van der Waals surface area contributed by atoms with Gasteiger partial charge in [0.2, 0.25) is 23.3 Å². The van der Waals surface area contributed by atoms with Gasteiger partial charge in [0.15, 0.2) is 5.01 Å². The van der Waals surface area contributed by atoms with E-state index in [1.54, 1.807) is 17.5 Å². The molecule has 0 radical (unpaired) electrons. The van der Waals surface area contributed by atoms with E-state index in [0.717, 1.165) is 11.3 Å². The Labute approximate surface area is 143 Å². The standard InChI is InChI=1S/C16H8FN5O2S/c17-7-1-2-10-8(3-7)9(5-20-10)13(23)16-22-12(6-25-16)15-21-11(4-18)14(19)24-15/h1-3,5-6,20H,19H2. The van der Waals surface area contributed by atoms with Crippen molar-refractivity contribution in [3.63, 3.8) is 0 Å². The number of anilines is 1. The lowest BCUT2D eigenvalue weighted by Crippen LogP contribution is -1.99. The van der Waals surface area contributed by atoms with Crippen molar-refractivity contribution >= 4 is 33.9 Å². The number of nitrogens with two attached hydrogens (primary N) is 1. The summed E-state index contributed by atoms with van der Waals surface area (Å²) in [6.45, 7) is 0. The highest BCUT2D eigenvalue weighted by molar-refractivity contribution is 7.12. The number of thiazole rings is 1. The number of ketones is 1. The third kappa shape index (κ3) is 2.45. The summed E-state index contributed by atoms with van der Waals surface area (Å²) < 4.78 is 18.6. The third-order valence-electron chi connectivity index (χ3n) is 3.57. The fraction of sp³-hybridized carbons (Fsp3) is 0. The molecule has 122 valence electrons. The molecule has 0 atom stereocenters. The fourth-order valence-electron chi connectivity index (χ4n) is 2.39. The average molecular weight is 353 g/mol. The molecule has 0 amide bonds. The number of carbonyl (C=O) groups is 1. The molecule has 0 aliphatic carbocycles. The van der Waals surface area contributed by atoms with Crippen molar-refractivity contribution in [1.82, 2.24) is 15.0 Å². The SMILES string of the molecule is N#Cc1nc(-c2csc(C(=O)c3c[nH]c4ccc(F)cc34)n2)oc1N. The molecule has 4 rings (SSSR count). The predicted molar refractivity (Wildman–Crippen MR) is 88.4 cm³/mol. The second-order valence-corrected chi connectivity index (χ2v) is 5.96. The van der Waals surface area contributed by atoms with E-state index in [0.29, 0.717) is 22.2 Å². The normalized spacial score (nSPS) is 10.9. The number of oxazole rings is 1. The van der Waals surface area contributed by atoms with E-state index < -0.39 is 5.82 Å². The number of fused-ring (bicyclic) bond motifs is 1. The molecular weight excluding hydrogens is 345 g/mol. The lowest BCUT2D eigenvalue weighted by Gasteiger charge is -1.96. The van der Waals surface area contributed by atoms with Crippen LogP contribution in [0.2, 0.25) is 0 Å². The highest BCUT2D eigenvalue weighted by Crippen LogP contribution is 2.28. The van der Waals surface area contributed by atoms with Gasteiger partial charge in [-0.15, -0.1) is 11.3 Å². The van der Waals surface area contributed by atoms with Gasteiger partial charge in [-0.05, 0) is 18.2 Å². The first-order valence-corrected chi connectivity index (χ1v) is 7.88. The molecule has 0 fully saturated rings. The van der Waals surface area contributed by atoms with Crippen LogP contribution < -0.4 is 5.73 Å². The van der Waals surface area contributed by atoms with E-state index in [2.05, 4.69) is 15.0 Å². The van der Waals surface area contributed by atoms with Gasteiger partial charge in [-0.1, -0.05) is 0 Å². The Morgan fingerprint density at radius 2 is 2.24 bits per heavy atom. The molecule has 0 saturated carbocycles. The van der Waals surface area contributed by atoms with E-state index in [1.165, 1.54) is 18.3 Å². The highest BCUT2D eigenvalue weighted by atomic mass is 32.1. The third-order valence-corrected chi connectivity index (χ3v) is 4.41. The molecule has 3 aromatic heterocycles. The summed E-state index contributed by atoms with van der Waals surface area (Å²) in [4.78, 5) is 23.7. The molecule has 7 nitrogen and oxygen atoms in total. The number of halogens is 1. The van der Waals surface area contributed by atoms with Crippen molar-refractivity contribution in [3.05, 3.63) is 51.9 Å². The van der Waals surface area contributed by atoms with Gasteiger partial charge < -0.3 is 15.1 Å². The maximum absolute atomic E-state index is 13.5. The number of aromatic amines is 1. The molecule has 0 spiro atoms. The second kappa shape index (κ2) is 5.54. The number of nitriles is 1. The van der Waals surface area contributed by atoms with Crippen molar-refractivity contribution in [2.45, 2.75) is 0 Å². The van der Waals surface area contributed by atoms with Crippen LogP contribution in [-0.2, 0) is 0 Å². The average Bonchev–Trinajstić information content (AvgIpc) is 3.31. The zero-order chi connectivity index (χ0) is 17.6. The fourth-order valence-corrected chi connectivity index (χ4v) is 3.14. The molecule has 4 aromatic rings. The van der Waals surface area contributed by atoms with E-state index >= 15 is 0 Å². The molecule has 0 bridgehead atoms. The van der Waals surface area contributed by atoms with Crippen LogP contribution in [0.15, 0.2) is 34.2 Å². The van der Waals surface area contributed by atoms with Gasteiger partial charge >= 0.3 is 0 Å². The maximum atomic E-state index is 13.5. The van der Waals surface area contributed by atoms with Gasteiger partial charge in [0.05, 0.1) is 5.56 Å². The van der Waals surface area contributed by atoms with Crippen LogP contribution in [0.5, 0.6) is 0 Å². The number of nitrogen functional groups attached to an aromatic ring is 1. The maximum Gasteiger partial charge on any atom is 0.249 e. The Balaban J connectivity index is 1.72. The van der Waals surface area contributed by atoms with Crippen LogP contribution in [0.25, 0.3) is 22.5 Å². The van der Waals surface area contributed by atoms with Crippen molar-refractivity contribution in [3.8, 4) is 17.7 Å². The minimum absolute atomic E-state index is 0.0389. The number of H-pyrrole nitrogens is 1. The zero-order valence-electron chi connectivity index (χ0n) is 12.4. The topological polar surface area (TPSA) is 122 Å². The largest absolute Gasteiger partial charge is 0.418 e. The van der Waals surface area contributed by atoms with Crippen LogP contribution in [0.1, 0.15) is 21.1 Å². The molecule has 0 unspecified atom stereocenters. The first kappa shape index (κ1) is 15.0.